The maximum atomic E-state index is 6.14. The molecule has 33 heavy (non-hydrogen) atoms. The van der Waals surface area contributed by atoms with E-state index in [0.717, 1.165) is 28.1 Å². The Balaban J connectivity index is 1.61. The average molecular weight is 473 g/mol. The lowest BCUT2D eigenvalue weighted by atomic mass is 9.96. The molecule has 4 nitrogen and oxygen atoms in total. The predicted molar refractivity (Wildman–Crippen MR) is 138 cm³/mol. The molecule has 0 aliphatic carbocycles. The smallest absolute Gasteiger partial charge is 0.170 e. The molecular weight excluding hydrogens is 448 g/mol. The molecule has 166 valence electrons. The van der Waals surface area contributed by atoms with Crippen LogP contribution >= 0.6 is 23.8 Å². The fourth-order valence-corrected chi connectivity index (χ4v) is 5.20. The molecule has 2 atom stereocenters. The van der Waals surface area contributed by atoms with Crippen molar-refractivity contribution >= 4 is 28.9 Å². The van der Waals surface area contributed by atoms with Gasteiger partial charge in [-0.15, -0.1) is 0 Å². The zero-order chi connectivity index (χ0) is 22.9. The Hall–Kier alpha value is -3.15. The van der Waals surface area contributed by atoms with Gasteiger partial charge in [0.25, 0.3) is 0 Å². The minimum Gasteiger partial charge on any atom is -0.352 e. The molecule has 1 saturated heterocycles. The molecule has 4 aromatic rings. The summed E-state index contributed by atoms with van der Waals surface area (Å²) in [4.78, 5) is 6.96. The van der Waals surface area contributed by atoms with Crippen LogP contribution in [0.5, 0.6) is 0 Å². The molecule has 0 unspecified atom stereocenters. The molecule has 0 amide bonds. The van der Waals surface area contributed by atoms with E-state index in [2.05, 4.69) is 82.1 Å². The molecule has 0 bridgehead atoms. The van der Waals surface area contributed by atoms with E-state index in [-0.39, 0.29) is 12.1 Å². The minimum absolute atomic E-state index is 0.0138. The number of aryl methyl sites for hydroxylation is 1. The lowest BCUT2D eigenvalue weighted by Crippen LogP contribution is -2.29. The third-order valence-corrected chi connectivity index (χ3v) is 6.87. The van der Waals surface area contributed by atoms with E-state index in [1.165, 1.54) is 22.5 Å². The molecular formula is C27H25ClN4S. The highest BCUT2D eigenvalue weighted by molar-refractivity contribution is 7.80. The number of hydrogen-bond donors (Lipinski definition) is 1. The van der Waals surface area contributed by atoms with E-state index in [1.807, 2.05) is 36.5 Å². The topological polar surface area (TPSA) is 33.1 Å². The normalized spacial score (nSPS) is 17.9. The van der Waals surface area contributed by atoms with Crippen LogP contribution in [0.4, 0.5) is 0 Å². The number of benzene rings is 2. The number of aromatic nitrogens is 2. The lowest BCUT2D eigenvalue weighted by molar-refractivity contribution is 0.310. The van der Waals surface area contributed by atoms with Gasteiger partial charge in [-0.25, -0.2) is 0 Å². The van der Waals surface area contributed by atoms with E-state index in [4.69, 9.17) is 23.8 Å². The van der Waals surface area contributed by atoms with Crippen molar-refractivity contribution < 1.29 is 0 Å². The van der Waals surface area contributed by atoms with E-state index in [9.17, 15) is 0 Å². The summed E-state index contributed by atoms with van der Waals surface area (Å²) < 4.78 is 2.28. The Bertz CT molecular complexity index is 1270. The Morgan fingerprint density at radius 2 is 1.70 bits per heavy atom. The first-order valence-corrected chi connectivity index (χ1v) is 11.8. The zero-order valence-electron chi connectivity index (χ0n) is 18.6. The number of nitrogens with zero attached hydrogens (tertiary/aromatic N) is 3. The summed E-state index contributed by atoms with van der Waals surface area (Å²) >= 11 is 12.0. The van der Waals surface area contributed by atoms with Crippen LogP contribution in [0.15, 0.2) is 85.1 Å². The van der Waals surface area contributed by atoms with Crippen molar-refractivity contribution in [3.8, 4) is 5.69 Å². The highest BCUT2D eigenvalue weighted by atomic mass is 35.5. The first kappa shape index (κ1) is 21.7. The van der Waals surface area contributed by atoms with Gasteiger partial charge < -0.3 is 14.8 Å². The van der Waals surface area contributed by atoms with Crippen molar-refractivity contribution in [2.45, 2.75) is 32.5 Å². The van der Waals surface area contributed by atoms with Gasteiger partial charge in [0, 0.05) is 34.8 Å². The van der Waals surface area contributed by atoms with Crippen LogP contribution in [0, 0.1) is 13.8 Å². The van der Waals surface area contributed by atoms with Crippen LogP contribution in [0.2, 0.25) is 5.02 Å². The van der Waals surface area contributed by atoms with Gasteiger partial charge in [0.15, 0.2) is 5.11 Å². The van der Waals surface area contributed by atoms with Gasteiger partial charge in [0.1, 0.15) is 0 Å². The first-order chi connectivity index (χ1) is 16.0. The molecule has 1 aliphatic heterocycles. The van der Waals surface area contributed by atoms with Gasteiger partial charge in [-0.1, -0.05) is 48.0 Å². The SMILES string of the molecule is Cc1cc([C@@H]2[C@H](c3ccccn3)NC(=S)N2Cc2ccccc2)c(C)n1-c1ccc(Cl)cc1. The number of hydrogen-bond acceptors (Lipinski definition) is 2. The number of nitrogens with one attached hydrogen (secondary N) is 1. The largest absolute Gasteiger partial charge is 0.352 e. The van der Waals surface area contributed by atoms with Crippen molar-refractivity contribution in [1.82, 2.24) is 19.8 Å². The second-order valence-corrected chi connectivity index (χ2v) is 9.20. The molecule has 3 heterocycles. The van der Waals surface area contributed by atoms with Gasteiger partial charge in [0.05, 0.1) is 17.8 Å². The zero-order valence-corrected chi connectivity index (χ0v) is 20.1. The fourth-order valence-electron chi connectivity index (χ4n) is 4.77. The second-order valence-electron chi connectivity index (χ2n) is 8.38. The highest BCUT2D eigenvalue weighted by Gasteiger charge is 2.41. The Kier molecular flexibility index (Phi) is 5.92. The van der Waals surface area contributed by atoms with Gasteiger partial charge in [-0.3, -0.25) is 4.98 Å². The van der Waals surface area contributed by atoms with Crippen LogP contribution in [0.25, 0.3) is 5.69 Å². The summed E-state index contributed by atoms with van der Waals surface area (Å²) in [6.45, 7) is 5.04. The third kappa shape index (κ3) is 4.14. The summed E-state index contributed by atoms with van der Waals surface area (Å²) in [5.41, 5.74) is 6.89. The van der Waals surface area contributed by atoms with Crippen LogP contribution in [-0.2, 0) is 6.54 Å². The van der Waals surface area contributed by atoms with Crippen molar-refractivity contribution in [2.75, 3.05) is 0 Å². The van der Waals surface area contributed by atoms with Gasteiger partial charge in [-0.2, -0.15) is 0 Å². The summed E-state index contributed by atoms with van der Waals surface area (Å²) in [6.07, 6.45) is 1.84. The van der Waals surface area contributed by atoms with Gasteiger partial charge in [0.2, 0.25) is 0 Å². The summed E-state index contributed by atoms with van der Waals surface area (Å²) in [5, 5.41) is 5.04. The first-order valence-electron chi connectivity index (χ1n) is 11.0. The highest BCUT2D eigenvalue weighted by Crippen LogP contribution is 2.42. The van der Waals surface area contributed by atoms with Crippen molar-refractivity contribution in [3.05, 3.63) is 118 Å². The quantitative estimate of drug-likeness (QED) is 0.345. The Morgan fingerprint density at radius 1 is 0.970 bits per heavy atom. The molecule has 0 radical (unpaired) electrons. The van der Waals surface area contributed by atoms with Gasteiger partial charge in [-0.05, 0) is 79.7 Å². The summed E-state index contributed by atoms with van der Waals surface area (Å²) in [5.74, 6) is 0. The minimum atomic E-state index is -0.0402. The molecule has 1 N–H and O–H groups in total. The van der Waals surface area contributed by atoms with E-state index >= 15 is 0 Å². The summed E-state index contributed by atoms with van der Waals surface area (Å²) in [6, 6.07) is 26.7. The van der Waals surface area contributed by atoms with Crippen molar-refractivity contribution in [3.63, 3.8) is 0 Å². The maximum absolute atomic E-state index is 6.14. The monoisotopic (exact) mass is 472 g/mol. The van der Waals surface area contributed by atoms with Crippen LogP contribution in [0.1, 0.15) is 40.3 Å². The molecule has 1 fully saturated rings. The number of thiocarbonyl (C=S) groups is 1. The van der Waals surface area contributed by atoms with Crippen molar-refractivity contribution in [2.24, 2.45) is 0 Å². The van der Waals surface area contributed by atoms with E-state index in [0.29, 0.717) is 0 Å². The Morgan fingerprint density at radius 3 is 2.39 bits per heavy atom. The lowest BCUT2D eigenvalue weighted by Gasteiger charge is -2.28. The maximum Gasteiger partial charge on any atom is 0.170 e. The summed E-state index contributed by atoms with van der Waals surface area (Å²) in [7, 11) is 0. The third-order valence-electron chi connectivity index (χ3n) is 6.27. The Labute approximate surface area is 204 Å². The second kappa shape index (κ2) is 9.00. The molecule has 0 saturated carbocycles. The van der Waals surface area contributed by atoms with Crippen molar-refractivity contribution in [1.29, 1.82) is 0 Å². The standard InChI is InChI=1S/C27H25ClN4S/c1-18-16-23(19(2)32(18)22-13-11-21(28)12-14-22)26-25(24-10-6-7-15-29-24)30-27(33)31(26)17-20-8-4-3-5-9-20/h3-16,25-26H,17H2,1-2H3,(H,30,33)/t25-,26+/m0/s1. The fraction of sp³-hybridized carbons (Fsp3) is 0.185. The number of pyridine rings is 1. The average Bonchev–Trinajstić information content (AvgIpc) is 3.31. The van der Waals surface area contributed by atoms with Crippen LogP contribution in [-0.4, -0.2) is 19.6 Å². The predicted octanol–water partition coefficient (Wildman–Crippen LogP) is 6.32. The van der Waals surface area contributed by atoms with E-state index in [1.54, 1.807) is 0 Å². The van der Waals surface area contributed by atoms with Crippen LogP contribution in [0.3, 0.4) is 0 Å². The molecule has 5 rings (SSSR count). The molecule has 2 aromatic heterocycles. The number of halogens is 1. The molecule has 0 spiro atoms. The van der Waals surface area contributed by atoms with Crippen LogP contribution < -0.4 is 5.32 Å². The molecule has 2 aromatic carbocycles. The van der Waals surface area contributed by atoms with Gasteiger partial charge >= 0.3 is 0 Å². The van der Waals surface area contributed by atoms with E-state index < -0.39 is 0 Å². The molecule has 6 heteroatoms. The molecule has 1 aliphatic rings. The number of rotatable bonds is 5.